The Labute approximate surface area is 88.3 Å². The average molecular weight is 237 g/mol. The van der Waals surface area contributed by atoms with Gasteiger partial charge in [-0.15, -0.1) is 11.8 Å². The molecule has 0 aliphatic rings. The summed E-state index contributed by atoms with van der Waals surface area (Å²) in [5.74, 6) is -1.14. The topological polar surface area (TPSA) is 66.0 Å². The SMILES string of the molecule is CSc1nc(=S)[nH]c(C(=O)O)c1Cl. The number of hydrogen-bond acceptors (Lipinski definition) is 4. The molecule has 0 fully saturated rings. The Kier molecular flexibility index (Phi) is 3.29. The molecular formula is C6H5ClN2O2S2. The van der Waals surface area contributed by atoms with E-state index in [0.717, 1.165) is 0 Å². The number of rotatable bonds is 2. The van der Waals surface area contributed by atoms with Crippen molar-refractivity contribution in [1.29, 1.82) is 0 Å². The predicted molar refractivity (Wildman–Crippen MR) is 53.2 cm³/mol. The summed E-state index contributed by atoms with van der Waals surface area (Å²) in [7, 11) is 0. The van der Waals surface area contributed by atoms with Crippen LogP contribution in [0, 0.1) is 4.77 Å². The van der Waals surface area contributed by atoms with Crippen molar-refractivity contribution in [2.75, 3.05) is 6.26 Å². The fraction of sp³-hybridized carbons (Fsp3) is 0.167. The van der Waals surface area contributed by atoms with Crippen LogP contribution in [0.15, 0.2) is 5.03 Å². The van der Waals surface area contributed by atoms with E-state index in [-0.39, 0.29) is 15.5 Å². The summed E-state index contributed by atoms with van der Waals surface area (Å²) in [5, 5.41) is 9.22. The van der Waals surface area contributed by atoms with Crippen molar-refractivity contribution in [1.82, 2.24) is 9.97 Å². The molecule has 0 bridgehead atoms. The maximum Gasteiger partial charge on any atom is 0.354 e. The largest absolute Gasteiger partial charge is 0.477 e. The number of carboxylic acids is 1. The van der Waals surface area contributed by atoms with Gasteiger partial charge in [-0.05, 0) is 18.5 Å². The van der Waals surface area contributed by atoms with Crippen LogP contribution in [0.4, 0.5) is 0 Å². The van der Waals surface area contributed by atoms with Crippen molar-refractivity contribution in [2.24, 2.45) is 0 Å². The Morgan fingerprint density at radius 1 is 1.77 bits per heavy atom. The number of carboxylic acid groups (broad SMARTS) is 1. The minimum atomic E-state index is -1.14. The Morgan fingerprint density at radius 3 is 2.85 bits per heavy atom. The first kappa shape index (κ1) is 10.5. The Morgan fingerprint density at radius 2 is 2.38 bits per heavy atom. The molecule has 0 atom stereocenters. The number of aromatic nitrogens is 2. The fourth-order valence-corrected chi connectivity index (χ4v) is 1.84. The molecule has 0 amide bonds. The van der Waals surface area contributed by atoms with Crippen molar-refractivity contribution in [3.05, 3.63) is 15.5 Å². The normalized spacial score (nSPS) is 10.0. The molecule has 7 heteroatoms. The van der Waals surface area contributed by atoms with Crippen molar-refractivity contribution in [2.45, 2.75) is 5.03 Å². The molecule has 0 aliphatic heterocycles. The highest BCUT2D eigenvalue weighted by molar-refractivity contribution is 7.98. The van der Waals surface area contributed by atoms with Crippen LogP contribution < -0.4 is 0 Å². The molecule has 2 N–H and O–H groups in total. The Bertz CT molecular complexity index is 404. The molecule has 0 aliphatic carbocycles. The van der Waals surface area contributed by atoms with E-state index in [1.165, 1.54) is 11.8 Å². The van der Waals surface area contributed by atoms with Gasteiger partial charge >= 0.3 is 5.97 Å². The van der Waals surface area contributed by atoms with Crippen molar-refractivity contribution in [3.63, 3.8) is 0 Å². The third-order valence-electron chi connectivity index (χ3n) is 1.25. The number of H-pyrrole nitrogens is 1. The van der Waals surface area contributed by atoms with Crippen LogP contribution in [0.25, 0.3) is 0 Å². The molecule has 0 saturated heterocycles. The minimum Gasteiger partial charge on any atom is -0.477 e. The van der Waals surface area contributed by atoms with Crippen LogP contribution in [0.2, 0.25) is 5.02 Å². The summed E-state index contributed by atoms with van der Waals surface area (Å²) >= 11 is 11.7. The molecular weight excluding hydrogens is 232 g/mol. The fourth-order valence-electron chi connectivity index (χ4n) is 0.721. The molecule has 1 rings (SSSR count). The predicted octanol–water partition coefficient (Wildman–Crippen LogP) is 2.21. The number of thioether (sulfide) groups is 1. The Balaban J connectivity index is 3.44. The lowest BCUT2D eigenvalue weighted by molar-refractivity contribution is 0.0690. The molecule has 1 aromatic heterocycles. The quantitative estimate of drug-likeness (QED) is 0.468. The molecule has 1 heterocycles. The second-order valence-electron chi connectivity index (χ2n) is 2.05. The first-order valence-corrected chi connectivity index (χ1v) is 5.14. The van der Waals surface area contributed by atoms with Crippen LogP contribution in [-0.4, -0.2) is 27.3 Å². The molecule has 0 spiro atoms. The maximum absolute atomic E-state index is 10.6. The van der Waals surface area contributed by atoms with Gasteiger partial charge in [-0.3, -0.25) is 0 Å². The second-order valence-corrected chi connectivity index (χ2v) is 3.60. The van der Waals surface area contributed by atoms with Crippen LogP contribution in [0.3, 0.4) is 0 Å². The van der Waals surface area contributed by atoms with E-state index in [4.69, 9.17) is 28.9 Å². The summed E-state index contributed by atoms with van der Waals surface area (Å²) in [6.45, 7) is 0. The van der Waals surface area contributed by atoms with E-state index in [1.54, 1.807) is 6.26 Å². The molecule has 4 nitrogen and oxygen atoms in total. The molecule has 70 valence electrons. The van der Waals surface area contributed by atoms with E-state index in [0.29, 0.717) is 5.03 Å². The van der Waals surface area contributed by atoms with Gasteiger partial charge in [0.1, 0.15) is 15.7 Å². The summed E-state index contributed by atoms with van der Waals surface area (Å²) in [6.07, 6.45) is 1.74. The van der Waals surface area contributed by atoms with Crippen molar-refractivity contribution < 1.29 is 9.90 Å². The summed E-state index contributed by atoms with van der Waals surface area (Å²) < 4.78 is 0.117. The highest BCUT2D eigenvalue weighted by Gasteiger charge is 2.13. The van der Waals surface area contributed by atoms with Crippen LogP contribution in [0.1, 0.15) is 10.5 Å². The highest BCUT2D eigenvalue weighted by atomic mass is 35.5. The third-order valence-corrected chi connectivity index (χ3v) is 2.60. The lowest BCUT2D eigenvalue weighted by Gasteiger charge is -2.02. The number of carbonyl (C=O) groups is 1. The van der Waals surface area contributed by atoms with Crippen LogP contribution >= 0.6 is 35.6 Å². The first-order chi connectivity index (χ1) is 6.06. The van der Waals surface area contributed by atoms with Gasteiger partial charge in [0.15, 0.2) is 4.77 Å². The smallest absolute Gasteiger partial charge is 0.354 e. The molecule has 0 unspecified atom stereocenters. The summed E-state index contributed by atoms with van der Waals surface area (Å²) in [4.78, 5) is 16.9. The molecule has 0 saturated carbocycles. The number of aromatic carboxylic acids is 1. The van der Waals surface area contributed by atoms with Gasteiger partial charge in [-0.1, -0.05) is 11.6 Å². The maximum atomic E-state index is 10.6. The van der Waals surface area contributed by atoms with Crippen molar-refractivity contribution in [3.8, 4) is 0 Å². The van der Waals surface area contributed by atoms with E-state index < -0.39 is 5.97 Å². The van der Waals surface area contributed by atoms with Gasteiger partial charge in [-0.25, -0.2) is 9.78 Å². The number of nitrogens with one attached hydrogen (secondary N) is 1. The second kappa shape index (κ2) is 4.08. The first-order valence-electron chi connectivity index (χ1n) is 3.13. The van der Waals surface area contributed by atoms with E-state index in [9.17, 15) is 4.79 Å². The summed E-state index contributed by atoms with van der Waals surface area (Å²) in [6, 6.07) is 0. The lowest BCUT2D eigenvalue weighted by Crippen LogP contribution is -2.04. The standard InChI is InChI=1S/C6H5ClN2O2S2/c1-13-4-2(7)3(5(10)11)8-6(12)9-4/h1H3,(H,10,11)(H,8,9,12). The monoisotopic (exact) mass is 236 g/mol. The van der Waals surface area contributed by atoms with Crippen molar-refractivity contribution >= 4 is 41.6 Å². The number of nitrogens with zero attached hydrogens (tertiary/aromatic N) is 1. The lowest BCUT2D eigenvalue weighted by atomic mass is 10.4. The number of aromatic amines is 1. The highest BCUT2D eigenvalue weighted by Crippen LogP contribution is 2.24. The van der Waals surface area contributed by atoms with Gasteiger partial charge in [0.25, 0.3) is 0 Å². The van der Waals surface area contributed by atoms with Crippen LogP contribution in [-0.2, 0) is 0 Å². The zero-order valence-electron chi connectivity index (χ0n) is 6.50. The zero-order valence-corrected chi connectivity index (χ0v) is 8.89. The van der Waals surface area contributed by atoms with E-state index in [2.05, 4.69) is 9.97 Å². The zero-order chi connectivity index (χ0) is 10.0. The average Bonchev–Trinajstić information content (AvgIpc) is 2.08. The number of hydrogen-bond donors (Lipinski definition) is 2. The third kappa shape index (κ3) is 2.20. The van der Waals surface area contributed by atoms with Crippen LogP contribution in [0.5, 0.6) is 0 Å². The molecule has 0 radical (unpaired) electrons. The van der Waals surface area contributed by atoms with Gasteiger partial charge in [0.05, 0.1) is 0 Å². The van der Waals surface area contributed by atoms with Gasteiger partial charge in [0.2, 0.25) is 0 Å². The minimum absolute atomic E-state index is 0.0913. The van der Waals surface area contributed by atoms with E-state index >= 15 is 0 Å². The number of halogens is 1. The Hall–Kier alpha value is -0.590. The molecule has 13 heavy (non-hydrogen) atoms. The van der Waals surface area contributed by atoms with Gasteiger partial charge in [-0.2, -0.15) is 0 Å². The summed E-state index contributed by atoms with van der Waals surface area (Å²) in [5.41, 5.74) is -0.119. The molecule has 1 aromatic rings. The van der Waals surface area contributed by atoms with Gasteiger partial charge < -0.3 is 10.1 Å². The van der Waals surface area contributed by atoms with Gasteiger partial charge in [0, 0.05) is 0 Å². The molecule has 0 aromatic carbocycles. The van der Waals surface area contributed by atoms with E-state index in [1.807, 2.05) is 0 Å².